The molecule has 0 spiro atoms. The fourth-order valence-corrected chi connectivity index (χ4v) is 2.81. The van der Waals surface area contributed by atoms with E-state index in [1.54, 1.807) is 11.3 Å². The highest BCUT2D eigenvalue weighted by molar-refractivity contribution is 7.17. The molecule has 13 heavy (non-hydrogen) atoms. The van der Waals surface area contributed by atoms with E-state index in [9.17, 15) is 0 Å². The molecule has 0 amide bonds. The second kappa shape index (κ2) is 3.32. The van der Waals surface area contributed by atoms with Crippen LogP contribution in [0, 0.1) is 6.92 Å². The maximum absolute atomic E-state index is 6.06. The molecule has 1 aromatic carbocycles. The Balaban J connectivity index is 2.77. The number of thiophene rings is 1. The molecule has 0 bridgehead atoms. The van der Waals surface area contributed by atoms with Gasteiger partial charge < -0.3 is 0 Å². The van der Waals surface area contributed by atoms with Gasteiger partial charge in [0.15, 0.2) is 0 Å². The number of aryl methyl sites for hydroxylation is 2. The summed E-state index contributed by atoms with van der Waals surface area (Å²) in [5.74, 6) is 0. The Morgan fingerprint density at radius 1 is 1.38 bits per heavy atom. The van der Waals surface area contributed by atoms with Crippen molar-refractivity contribution in [3.8, 4) is 0 Å². The normalized spacial score (nSPS) is 11.0. The van der Waals surface area contributed by atoms with Crippen LogP contribution < -0.4 is 0 Å². The van der Waals surface area contributed by atoms with Crippen LogP contribution in [0.2, 0.25) is 5.02 Å². The molecular weight excluding hydrogens is 200 g/mol. The zero-order valence-corrected chi connectivity index (χ0v) is 9.30. The lowest BCUT2D eigenvalue weighted by molar-refractivity contribution is 1.12. The second-order valence-corrected chi connectivity index (χ2v) is 4.53. The number of halogens is 1. The van der Waals surface area contributed by atoms with Crippen LogP contribution in [0.3, 0.4) is 0 Å². The molecule has 0 fully saturated rings. The first-order valence-electron chi connectivity index (χ1n) is 4.38. The number of benzene rings is 1. The Bertz CT molecular complexity index is 443. The van der Waals surface area contributed by atoms with Gasteiger partial charge in [0.05, 0.1) is 5.02 Å². The van der Waals surface area contributed by atoms with Crippen molar-refractivity contribution in [1.29, 1.82) is 0 Å². The molecule has 2 rings (SSSR count). The molecule has 1 heterocycles. The SMILES string of the molecule is CCc1cc2c(Cl)csc2cc1C. The first-order chi connectivity index (χ1) is 6.22. The standard InChI is InChI=1S/C11H11ClS/c1-3-8-5-9-10(12)6-13-11(9)4-7(8)2/h4-6H,3H2,1-2H3. The second-order valence-electron chi connectivity index (χ2n) is 3.21. The van der Waals surface area contributed by atoms with Gasteiger partial charge in [-0.3, -0.25) is 0 Å². The number of hydrogen-bond donors (Lipinski definition) is 0. The third-order valence-electron chi connectivity index (χ3n) is 2.37. The van der Waals surface area contributed by atoms with Crippen LogP contribution >= 0.6 is 22.9 Å². The minimum Gasteiger partial charge on any atom is -0.142 e. The summed E-state index contributed by atoms with van der Waals surface area (Å²) in [7, 11) is 0. The van der Waals surface area contributed by atoms with Gasteiger partial charge >= 0.3 is 0 Å². The van der Waals surface area contributed by atoms with Crippen LogP contribution in [0.5, 0.6) is 0 Å². The van der Waals surface area contributed by atoms with E-state index in [0.717, 1.165) is 11.4 Å². The lowest BCUT2D eigenvalue weighted by Crippen LogP contribution is -1.84. The Labute approximate surface area is 87.2 Å². The summed E-state index contributed by atoms with van der Waals surface area (Å²) in [6.07, 6.45) is 1.08. The minimum atomic E-state index is 0.884. The average molecular weight is 211 g/mol. The molecule has 68 valence electrons. The third kappa shape index (κ3) is 1.47. The summed E-state index contributed by atoms with van der Waals surface area (Å²) in [5.41, 5.74) is 2.77. The highest BCUT2D eigenvalue weighted by Crippen LogP contribution is 2.32. The van der Waals surface area contributed by atoms with Crippen LogP contribution in [0.15, 0.2) is 17.5 Å². The predicted octanol–water partition coefficient (Wildman–Crippen LogP) is 4.43. The highest BCUT2D eigenvalue weighted by Gasteiger charge is 2.04. The topological polar surface area (TPSA) is 0 Å². The molecule has 0 nitrogen and oxygen atoms in total. The molecule has 0 aliphatic rings. The van der Waals surface area contributed by atoms with Gasteiger partial charge in [0.25, 0.3) is 0 Å². The van der Waals surface area contributed by atoms with E-state index in [1.807, 2.05) is 5.38 Å². The van der Waals surface area contributed by atoms with Crippen LogP contribution in [0.25, 0.3) is 10.1 Å². The molecule has 0 saturated carbocycles. The van der Waals surface area contributed by atoms with E-state index in [0.29, 0.717) is 0 Å². The Morgan fingerprint density at radius 2 is 2.15 bits per heavy atom. The number of fused-ring (bicyclic) bond motifs is 1. The van der Waals surface area contributed by atoms with E-state index in [1.165, 1.54) is 21.2 Å². The molecule has 1 aromatic heterocycles. The molecule has 0 unspecified atom stereocenters. The summed E-state index contributed by atoms with van der Waals surface area (Å²) in [5, 5.41) is 4.09. The monoisotopic (exact) mass is 210 g/mol. The van der Waals surface area contributed by atoms with Crippen molar-refractivity contribution in [1.82, 2.24) is 0 Å². The van der Waals surface area contributed by atoms with Crippen LogP contribution in [-0.4, -0.2) is 0 Å². The van der Waals surface area contributed by atoms with Gasteiger partial charge in [-0.1, -0.05) is 18.5 Å². The van der Waals surface area contributed by atoms with E-state index in [-0.39, 0.29) is 0 Å². The van der Waals surface area contributed by atoms with Gasteiger partial charge in [-0.05, 0) is 36.6 Å². The largest absolute Gasteiger partial charge is 0.142 e. The summed E-state index contributed by atoms with van der Waals surface area (Å²) < 4.78 is 1.29. The summed E-state index contributed by atoms with van der Waals surface area (Å²) >= 11 is 7.78. The molecule has 2 heteroatoms. The first-order valence-corrected chi connectivity index (χ1v) is 5.64. The highest BCUT2D eigenvalue weighted by atomic mass is 35.5. The lowest BCUT2D eigenvalue weighted by Gasteiger charge is -2.02. The molecular formula is C11H11ClS. The van der Waals surface area contributed by atoms with Crippen molar-refractivity contribution in [3.05, 3.63) is 33.7 Å². The summed E-state index contributed by atoms with van der Waals surface area (Å²) in [6.45, 7) is 4.33. The fourth-order valence-electron chi connectivity index (χ4n) is 1.57. The third-order valence-corrected chi connectivity index (χ3v) is 3.75. The summed E-state index contributed by atoms with van der Waals surface area (Å²) in [4.78, 5) is 0. The summed E-state index contributed by atoms with van der Waals surface area (Å²) in [6, 6.07) is 4.44. The first kappa shape index (κ1) is 9.04. The Kier molecular flexibility index (Phi) is 2.31. The van der Waals surface area contributed by atoms with Crippen LogP contribution in [0.4, 0.5) is 0 Å². The molecule has 0 radical (unpaired) electrons. The van der Waals surface area contributed by atoms with Gasteiger partial charge in [-0.2, -0.15) is 0 Å². The van der Waals surface area contributed by atoms with Crippen LogP contribution in [0.1, 0.15) is 18.1 Å². The van der Waals surface area contributed by atoms with Gasteiger partial charge in [0.1, 0.15) is 0 Å². The Morgan fingerprint density at radius 3 is 2.85 bits per heavy atom. The molecule has 0 atom stereocenters. The van der Waals surface area contributed by atoms with Crippen molar-refractivity contribution < 1.29 is 0 Å². The maximum Gasteiger partial charge on any atom is 0.0591 e. The fraction of sp³-hybridized carbons (Fsp3) is 0.273. The van der Waals surface area contributed by atoms with Crippen molar-refractivity contribution >= 4 is 33.0 Å². The zero-order chi connectivity index (χ0) is 9.42. The van der Waals surface area contributed by atoms with Gasteiger partial charge in [0.2, 0.25) is 0 Å². The Hall–Kier alpha value is -0.530. The van der Waals surface area contributed by atoms with Gasteiger partial charge in [-0.15, -0.1) is 11.3 Å². The lowest BCUT2D eigenvalue weighted by atomic mass is 10.0. The van der Waals surface area contributed by atoms with Gasteiger partial charge in [-0.25, -0.2) is 0 Å². The minimum absolute atomic E-state index is 0.884. The van der Waals surface area contributed by atoms with E-state index < -0.39 is 0 Å². The average Bonchev–Trinajstić information content (AvgIpc) is 2.46. The molecule has 0 saturated heterocycles. The van der Waals surface area contributed by atoms with Crippen molar-refractivity contribution in [3.63, 3.8) is 0 Å². The quantitative estimate of drug-likeness (QED) is 0.654. The van der Waals surface area contributed by atoms with E-state index in [2.05, 4.69) is 26.0 Å². The molecule has 0 aliphatic heterocycles. The smallest absolute Gasteiger partial charge is 0.0591 e. The molecule has 0 aliphatic carbocycles. The predicted molar refractivity (Wildman–Crippen MR) is 61.0 cm³/mol. The van der Waals surface area contributed by atoms with Crippen LogP contribution in [-0.2, 0) is 6.42 Å². The van der Waals surface area contributed by atoms with E-state index >= 15 is 0 Å². The van der Waals surface area contributed by atoms with Crippen molar-refractivity contribution in [2.75, 3.05) is 0 Å². The van der Waals surface area contributed by atoms with Crippen molar-refractivity contribution in [2.24, 2.45) is 0 Å². The van der Waals surface area contributed by atoms with E-state index in [4.69, 9.17) is 11.6 Å². The number of rotatable bonds is 1. The molecule has 2 aromatic rings. The number of hydrogen-bond acceptors (Lipinski definition) is 1. The van der Waals surface area contributed by atoms with Crippen molar-refractivity contribution in [2.45, 2.75) is 20.3 Å². The maximum atomic E-state index is 6.06. The zero-order valence-electron chi connectivity index (χ0n) is 7.73. The van der Waals surface area contributed by atoms with Gasteiger partial charge in [0, 0.05) is 15.5 Å². The molecule has 0 N–H and O–H groups in total.